The van der Waals surface area contributed by atoms with Gasteiger partial charge in [-0.2, -0.15) is 0 Å². The average Bonchev–Trinajstić information content (AvgIpc) is 2.87. The first-order valence-electron chi connectivity index (χ1n) is 8.46. The van der Waals surface area contributed by atoms with Crippen LogP contribution in [0.25, 0.3) is 0 Å². The van der Waals surface area contributed by atoms with Gasteiger partial charge in [0.05, 0.1) is 6.54 Å². The largest absolute Gasteiger partial charge is 0.340 e. The second-order valence-corrected chi connectivity index (χ2v) is 7.87. The van der Waals surface area contributed by atoms with Crippen molar-refractivity contribution in [2.24, 2.45) is 0 Å². The number of carbonyl (C=O) groups excluding carboxylic acids is 1. The monoisotopic (exact) mass is 379 g/mol. The van der Waals surface area contributed by atoms with E-state index < -0.39 is 0 Å². The van der Waals surface area contributed by atoms with E-state index in [9.17, 15) is 4.79 Å². The Morgan fingerprint density at radius 2 is 1.87 bits per heavy atom. The molecule has 2 aliphatic rings. The fraction of sp³-hybridized carbons (Fsp3) is 0.611. The summed E-state index contributed by atoms with van der Waals surface area (Å²) >= 11 is 3.55. The second kappa shape index (κ2) is 7.32. The number of amides is 1. The fourth-order valence-corrected chi connectivity index (χ4v) is 4.23. The summed E-state index contributed by atoms with van der Waals surface area (Å²) in [5.41, 5.74) is 1.14. The maximum Gasteiger partial charge on any atom is 0.236 e. The first-order valence-corrected chi connectivity index (χ1v) is 9.26. The Morgan fingerprint density at radius 3 is 2.52 bits per heavy atom. The molecule has 2 saturated heterocycles. The van der Waals surface area contributed by atoms with Gasteiger partial charge in [0.25, 0.3) is 0 Å². The van der Waals surface area contributed by atoms with Crippen LogP contribution in [0, 0.1) is 0 Å². The van der Waals surface area contributed by atoms with Crippen molar-refractivity contribution >= 4 is 21.8 Å². The van der Waals surface area contributed by atoms with Crippen LogP contribution < -0.4 is 5.32 Å². The van der Waals surface area contributed by atoms with E-state index in [1.54, 1.807) is 0 Å². The van der Waals surface area contributed by atoms with Gasteiger partial charge in [-0.3, -0.25) is 9.69 Å². The van der Waals surface area contributed by atoms with Gasteiger partial charge in [-0.05, 0) is 44.4 Å². The van der Waals surface area contributed by atoms with E-state index in [-0.39, 0.29) is 5.91 Å². The Balaban J connectivity index is 1.52. The number of piperidine rings is 1. The number of halogens is 1. The maximum atomic E-state index is 12.5. The van der Waals surface area contributed by atoms with Gasteiger partial charge in [-0.1, -0.05) is 34.1 Å². The number of hydrogen-bond donors (Lipinski definition) is 1. The number of nitrogens with zero attached hydrogens (tertiary/aromatic N) is 2. The summed E-state index contributed by atoms with van der Waals surface area (Å²) < 4.78 is 1.06. The third-order valence-electron chi connectivity index (χ3n) is 5.25. The third-order valence-corrected chi connectivity index (χ3v) is 6.02. The molecule has 1 aromatic carbocycles. The minimum Gasteiger partial charge on any atom is -0.340 e. The minimum atomic E-state index is 0.189. The van der Waals surface area contributed by atoms with Crippen molar-refractivity contribution in [3.05, 3.63) is 34.3 Å². The average molecular weight is 380 g/mol. The van der Waals surface area contributed by atoms with Crippen LogP contribution in [0.4, 0.5) is 0 Å². The Labute approximate surface area is 147 Å². The molecule has 1 aromatic rings. The standard InChI is InChI=1S/C18H26BrN3O/c1-21(16-9-14-7-8-15(10-16)20-14)12-18(23)22(2)11-13-5-3-4-6-17(13)19/h3-6,14-16,20H,7-12H2,1-2H3. The van der Waals surface area contributed by atoms with Crippen molar-refractivity contribution in [2.45, 2.75) is 50.4 Å². The lowest BCUT2D eigenvalue weighted by Crippen LogP contribution is -2.49. The maximum absolute atomic E-state index is 12.5. The molecule has 0 aromatic heterocycles. The van der Waals surface area contributed by atoms with Crippen molar-refractivity contribution in [1.82, 2.24) is 15.1 Å². The highest BCUT2D eigenvalue weighted by Crippen LogP contribution is 2.29. The SMILES string of the molecule is CN(Cc1ccccc1Br)C(=O)CN(C)C1CC2CCC(C1)N2. The molecule has 0 spiro atoms. The Hall–Kier alpha value is -0.910. The highest BCUT2D eigenvalue weighted by molar-refractivity contribution is 9.10. The molecule has 0 radical (unpaired) electrons. The van der Waals surface area contributed by atoms with Crippen LogP contribution in [0.5, 0.6) is 0 Å². The normalized spacial score (nSPS) is 26.5. The summed E-state index contributed by atoms with van der Waals surface area (Å²) in [4.78, 5) is 16.6. The number of hydrogen-bond acceptors (Lipinski definition) is 3. The van der Waals surface area contributed by atoms with Crippen LogP contribution in [-0.4, -0.2) is 54.5 Å². The van der Waals surface area contributed by atoms with Crippen molar-refractivity contribution in [2.75, 3.05) is 20.6 Å². The molecule has 2 fully saturated rings. The quantitative estimate of drug-likeness (QED) is 0.853. The molecule has 2 aliphatic heterocycles. The topological polar surface area (TPSA) is 35.6 Å². The fourth-order valence-electron chi connectivity index (χ4n) is 3.82. The van der Waals surface area contributed by atoms with Crippen molar-refractivity contribution in [3.63, 3.8) is 0 Å². The van der Waals surface area contributed by atoms with Crippen molar-refractivity contribution < 1.29 is 4.79 Å². The lowest BCUT2D eigenvalue weighted by Gasteiger charge is -2.35. The lowest BCUT2D eigenvalue weighted by molar-refractivity contribution is -0.132. The first-order chi connectivity index (χ1) is 11.0. The summed E-state index contributed by atoms with van der Waals surface area (Å²) in [6.45, 7) is 1.15. The van der Waals surface area contributed by atoms with Gasteiger partial charge in [-0.15, -0.1) is 0 Å². The molecule has 3 rings (SSSR count). The molecule has 0 aliphatic carbocycles. The summed E-state index contributed by atoms with van der Waals surface area (Å²) in [7, 11) is 3.99. The molecule has 2 heterocycles. The molecule has 2 bridgehead atoms. The second-order valence-electron chi connectivity index (χ2n) is 7.02. The Kier molecular flexibility index (Phi) is 5.39. The highest BCUT2D eigenvalue weighted by atomic mass is 79.9. The lowest BCUT2D eigenvalue weighted by atomic mass is 9.98. The zero-order valence-corrected chi connectivity index (χ0v) is 15.6. The molecule has 1 N–H and O–H groups in total. The van der Waals surface area contributed by atoms with Gasteiger partial charge < -0.3 is 10.2 Å². The van der Waals surface area contributed by atoms with E-state index in [2.05, 4.69) is 39.3 Å². The van der Waals surface area contributed by atoms with E-state index >= 15 is 0 Å². The number of carbonyl (C=O) groups is 1. The van der Waals surface area contributed by atoms with Gasteiger partial charge in [-0.25, -0.2) is 0 Å². The summed E-state index contributed by atoms with van der Waals surface area (Å²) in [6, 6.07) is 9.94. The van der Waals surface area contributed by atoms with Crippen LogP contribution in [0.15, 0.2) is 28.7 Å². The van der Waals surface area contributed by atoms with Crippen molar-refractivity contribution in [1.29, 1.82) is 0 Å². The van der Waals surface area contributed by atoms with Crippen LogP contribution in [-0.2, 0) is 11.3 Å². The number of benzene rings is 1. The van der Waals surface area contributed by atoms with Crippen LogP contribution in [0.1, 0.15) is 31.2 Å². The van der Waals surface area contributed by atoms with E-state index in [0.29, 0.717) is 31.2 Å². The number of nitrogens with one attached hydrogen (secondary N) is 1. The molecule has 126 valence electrons. The molecular formula is C18H26BrN3O. The van der Waals surface area contributed by atoms with Gasteiger partial charge in [0, 0.05) is 36.2 Å². The molecule has 1 amide bonds. The molecule has 23 heavy (non-hydrogen) atoms. The van der Waals surface area contributed by atoms with Crippen LogP contribution >= 0.6 is 15.9 Å². The third kappa shape index (κ3) is 4.14. The smallest absolute Gasteiger partial charge is 0.236 e. The number of fused-ring (bicyclic) bond motifs is 2. The predicted molar refractivity (Wildman–Crippen MR) is 96.2 cm³/mol. The minimum absolute atomic E-state index is 0.189. The zero-order valence-electron chi connectivity index (χ0n) is 14.0. The molecular weight excluding hydrogens is 354 g/mol. The van der Waals surface area contributed by atoms with E-state index in [1.165, 1.54) is 25.7 Å². The summed E-state index contributed by atoms with van der Waals surface area (Å²) in [6.07, 6.45) is 4.94. The van der Waals surface area contributed by atoms with E-state index in [1.807, 2.05) is 30.1 Å². The van der Waals surface area contributed by atoms with Crippen molar-refractivity contribution in [3.8, 4) is 0 Å². The molecule has 5 heteroatoms. The van der Waals surface area contributed by atoms with E-state index in [4.69, 9.17) is 0 Å². The first kappa shape index (κ1) is 16.9. The van der Waals surface area contributed by atoms with Crippen LogP contribution in [0.2, 0.25) is 0 Å². The highest BCUT2D eigenvalue weighted by Gasteiger charge is 2.35. The van der Waals surface area contributed by atoms with Gasteiger partial charge >= 0.3 is 0 Å². The molecule has 2 atom stereocenters. The molecule has 2 unspecified atom stereocenters. The molecule has 0 saturated carbocycles. The number of likely N-dealkylation sites (N-methyl/N-ethyl adjacent to an activating group) is 2. The Morgan fingerprint density at radius 1 is 1.22 bits per heavy atom. The molecule has 4 nitrogen and oxygen atoms in total. The van der Waals surface area contributed by atoms with Gasteiger partial charge in [0.15, 0.2) is 0 Å². The van der Waals surface area contributed by atoms with Gasteiger partial charge in [0.2, 0.25) is 5.91 Å². The van der Waals surface area contributed by atoms with Gasteiger partial charge in [0.1, 0.15) is 0 Å². The van der Waals surface area contributed by atoms with Crippen LogP contribution in [0.3, 0.4) is 0 Å². The summed E-state index contributed by atoms with van der Waals surface area (Å²) in [5.74, 6) is 0.189. The van der Waals surface area contributed by atoms with E-state index in [0.717, 1.165) is 10.0 Å². The predicted octanol–water partition coefficient (Wildman–Crippen LogP) is 2.62. The summed E-state index contributed by atoms with van der Waals surface area (Å²) in [5, 5.41) is 3.66. The zero-order chi connectivity index (χ0) is 16.4. The number of rotatable bonds is 5. The Bertz CT molecular complexity index is 553.